The number of H-pyrrole nitrogens is 1. The molecule has 0 saturated carbocycles. The summed E-state index contributed by atoms with van der Waals surface area (Å²) in [7, 11) is 0. The number of nitrogens with zero attached hydrogens (tertiary/aromatic N) is 2. The van der Waals surface area contributed by atoms with Crippen LogP contribution in [0, 0.1) is 0 Å². The van der Waals surface area contributed by atoms with Crippen LogP contribution in [-0.4, -0.2) is 35.2 Å². The van der Waals surface area contributed by atoms with Gasteiger partial charge >= 0.3 is 0 Å². The number of carbonyl (C=O) groups is 1. The normalized spacial score (nSPS) is 21.4. The lowest BCUT2D eigenvalue weighted by molar-refractivity contribution is -0.128. The summed E-state index contributed by atoms with van der Waals surface area (Å²) in [5.41, 5.74) is 3.68. The Morgan fingerprint density at radius 3 is 2.85 bits per heavy atom. The molecule has 1 amide bonds. The van der Waals surface area contributed by atoms with Crippen LogP contribution < -0.4 is 5.32 Å². The number of carbonyl (C=O) groups excluding carboxylic acids is 1. The number of nitrogens with one attached hydrogen (secondary N) is 2. The molecule has 2 aliphatic heterocycles. The molecule has 26 heavy (non-hydrogen) atoms. The lowest BCUT2D eigenvalue weighted by Crippen LogP contribution is -2.52. The molecule has 0 bridgehead atoms. The Balaban J connectivity index is 1.49. The van der Waals surface area contributed by atoms with E-state index in [0.717, 1.165) is 36.2 Å². The average Bonchev–Trinajstić information content (AvgIpc) is 3.26. The minimum absolute atomic E-state index is 0.0787. The van der Waals surface area contributed by atoms with E-state index in [9.17, 15) is 4.79 Å². The van der Waals surface area contributed by atoms with Gasteiger partial charge in [-0.25, -0.2) is 4.99 Å². The number of amides is 1. The van der Waals surface area contributed by atoms with Crippen LogP contribution in [0.1, 0.15) is 17.5 Å². The summed E-state index contributed by atoms with van der Waals surface area (Å²) in [6, 6.07) is 16.3. The highest BCUT2D eigenvalue weighted by molar-refractivity contribution is 5.95. The summed E-state index contributed by atoms with van der Waals surface area (Å²) in [5.74, 6) is 0.0787. The van der Waals surface area contributed by atoms with E-state index >= 15 is 0 Å². The maximum atomic E-state index is 12.9. The molecule has 2 aliphatic rings. The number of fused-ring (bicyclic) bond motifs is 3. The van der Waals surface area contributed by atoms with Crippen molar-refractivity contribution in [3.8, 4) is 0 Å². The first-order valence-corrected chi connectivity index (χ1v) is 9.03. The monoisotopic (exact) mass is 344 g/mol. The Morgan fingerprint density at radius 1 is 1.12 bits per heavy atom. The molecule has 1 atom stereocenters. The van der Waals surface area contributed by atoms with Crippen molar-refractivity contribution in [2.24, 2.45) is 4.99 Å². The summed E-state index contributed by atoms with van der Waals surface area (Å²) in [6.07, 6.45) is 5.54. The number of aromatic amines is 1. The Morgan fingerprint density at radius 2 is 1.96 bits per heavy atom. The highest BCUT2D eigenvalue weighted by Gasteiger charge is 2.50. The van der Waals surface area contributed by atoms with Crippen molar-refractivity contribution in [3.05, 3.63) is 65.9 Å². The van der Waals surface area contributed by atoms with Gasteiger partial charge in [0, 0.05) is 42.2 Å². The minimum Gasteiger partial charge on any atom is -0.361 e. The van der Waals surface area contributed by atoms with Crippen LogP contribution in [0.3, 0.4) is 0 Å². The van der Waals surface area contributed by atoms with Gasteiger partial charge in [-0.05, 0) is 24.1 Å². The molecule has 0 aliphatic carbocycles. The lowest BCUT2D eigenvalue weighted by Gasteiger charge is -2.41. The van der Waals surface area contributed by atoms with Crippen molar-refractivity contribution in [1.29, 1.82) is 0 Å². The van der Waals surface area contributed by atoms with Crippen molar-refractivity contribution in [1.82, 2.24) is 15.2 Å². The van der Waals surface area contributed by atoms with Crippen LogP contribution in [0.2, 0.25) is 0 Å². The fourth-order valence-electron chi connectivity index (χ4n) is 4.30. The summed E-state index contributed by atoms with van der Waals surface area (Å²) in [6.45, 7) is 1.44. The first-order chi connectivity index (χ1) is 12.8. The molecule has 1 aromatic heterocycles. The minimum atomic E-state index is -0.634. The molecule has 3 aromatic rings. The van der Waals surface area contributed by atoms with Gasteiger partial charge < -0.3 is 15.2 Å². The summed E-state index contributed by atoms with van der Waals surface area (Å²) < 4.78 is 0. The number of benzene rings is 2. The van der Waals surface area contributed by atoms with Crippen LogP contribution in [0.4, 0.5) is 5.69 Å². The number of aromatic nitrogens is 1. The Bertz CT molecular complexity index is 1020. The van der Waals surface area contributed by atoms with Gasteiger partial charge in [-0.3, -0.25) is 4.79 Å². The highest BCUT2D eigenvalue weighted by Crippen LogP contribution is 2.42. The van der Waals surface area contributed by atoms with E-state index in [4.69, 9.17) is 0 Å². The fourth-order valence-corrected chi connectivity index (χ4v) is 4.30. The smallest absolute Gasteiger partial charge is 0.250 e. The molecule has 3 heterocycles. The summed E-state index contributed by atoms with van der Waals surface area (Å²) >= 11 is 0. The van der Waals surface area contributed by atoms with E-state index in [1.165, 1.54) is 10.9 Å². The van der Waals surface area contributed by atoms with E-state index in [1.807, 2.05) is 36.7 Å². The maximum absolute atomic E-state index is 12.9. The zero-order valence-electron chi connectivity index (χ0n) is 14.4. The molecule has 1 fully saturated rings. The lowest BCUT2D eigenvalue weighted by atomic mass is 9.84. The van der Waals surface area contributed by atoms with Crippen molar-refractivity contribution in [2.45, 2.75) is 18.4 Å². The maximum Gasteiger partial charge on any atom is 0.250 e. The molecular formula is C21H20N4O. The predicted octanol–water partition coefficient (Wildman–Crippen LogP) is 3.10. The molecule has 1 saturated heterocycles. The molecule has 5 nitrogen and oxygen atoms in total. The molecule has 1 unspecified atom stereocenters. The quantitative estimate of drug-likeness (QED) is 0.767. The van der Waals surface area contributed by atoms with Crippen LogP contribution in [-0.2, 0) is 16.8 Å². The van der Waals surface area contributed by atoms with Crippen molar-refractivity contribution in [3.63, 3.8) is 0 Å². The van der Waals surface area contributed by atoms with Gasteiger partial charge in [0.2, 0.25) is 0 Å². The number of hydrogen-bond donors (Lipinski definition) is 2. The largest absolute Gasteiger partial charge is 0.361 e. The molecular weight excluding hydrogens is 324 g/mol. The number of rotatable bonds is 3. The van der Waals surface area contributed by atoms with Gasteiger partial charge in [-0.15, -0.1) is 0 Å². The van der Waals surface area contributed by atoms with E-state index < -0.39 is 5.54 Å². The van der Waals surface area contributed by atoms with Crippen LogP contribution in [0.15, 0.2) is 59.7 Å². The molecule has 0 radical (unpaired) electrons. The van der Waals surface area contributed by atoms with E-state index in [0.29, 0.717) is 6.54 Å². The Kier molecular flexibility index (Phi) is 3.35. The Hall–Kier alpha value is -3.08. The third kappa shape index (κ3) is 2.10. The fraction of sp³-hybridized carbons (Fsp3) is 0.238. The second kappa shape index (κ2) is 5.73. The SMILES string of the molecule is O=C1NCCC12c1ccccc1N=CN2CCc1c[nH]c2ccccc12. The van der Waals surface area contributed by atoms with Crippen molar-refractivity contribution in [2.75, 3.05) is 13.1 Å². The second-order valence-corrected chi connectivity index (χ2v) is 6.93. The predicted molar refractivity (Wildman–Crippen MR) is 103 cm³/mol. The molecule has 5 heteroatoms. The van der Waals surface area contributed by atoms with Gasteiger partial charge in [0.25, 0.3) is 5.91 Å². The highest BCUT2D eigenvalue weighted by atomic mass is 16.2. The van der Waals surface area contributed by atoms with Gasteiger partial charge in [-0.2, -0.15) is 0 Å². The third-order valence-electron chi connectivity index (χ3n) is 5.62. The molecule has 130 valence electrons. The third-order valence-corrected chi connectivity index (χ3v) is 5.62. The average molecular weight is 344 g/mol. The van der Waals surface area contributed by atoms with Crippen LogP contribution >= 0.6 is 0 Å². The number of hydrogen-bond acceptors (Lipinski definition) is 3. The zero-order valence-corrected chi connectivity index (χ0v) is 14.4. The first kappa shape index (κ1) is 15.2. The summed E-state index contributed by atoms with van der Waals surface area (Å²) in [4.78, 5) is 22.9. The first-order valence-electron chi connectivity index (χ1n) is 9.03. The zero-order chi connectivity index (χ0) is 17.6. The second-order valence-electron chi connectivity index (χ2n) is 6.93. The summed E-state index contributed by atoms with van der Waals surface area (Å²) in [5, 5.41) is 4.27. The number of para-hydroxylation sites is 2. The topological polar surface area (TPSA) is 60.5 Å². The number of aliphatic imine (C=N–C) groups is 1. The van der Waals surface area contributed by atoms with E-state index in [1.54, 1.807) is 0 Å². The van der Waals surface area contributed by atoms with Crippen LogP contribution in [0.25, 0.3) is 10.9 Å². The molecule has 2 aromatic carbocycles. The van der Waals surface area contributed by atoms with Gasteiger partial charge in [0.1, 0.15) is 5.54 Å². The van der Waals surface area contributed by atoms with Crippen molar-refractivity contribution >= 4 is 28.8 Å². The van der Waals surface area contributed by atoms with Gasteiger partial charge in [-0.1, -0.05) is 36.4 Å². The van der Waals surface area contributed by atoms with Crippen LogP contribution in [0.5, 0.6) is 0 Å². The molecule has 1 spiro atoms. The Labute approximate surface area is 151 Å². The molecule has 2 N–H and O–H groups in total. The van der Waals surface area contributed by atoms with E-state index in [-0.39, 0.29) is 5.91 Å². The standard InChI is InChI=1S/C21H20N4O/c26-20-21(10-11-22-20)17-6-2-4-8-19(17)24-14-25(21)12-9-15-13-23-18-7-3-1-5-16(15)18/h1-8,13-14,23H,9-12H2,(H,22,26). The molecule has 5 rings (SSSR count). The van der Waals surface area contributed by atoms with Crippen molar-refractivity contribution < 1.29 is 4.79 Å². The van der Waals surface area contributed by atoms with Gasteiger partial charge in [0.15, 0.2) is 0 Å². The van der Waals surface area contributed by atoms with E-state index in [2.05, 4.69) is 44.6 Å². The van der Waals surface area contributed by atoms with Gasteiger partial charge in [0.05, 0.1) is 12.0 Å².